The predicted molar refractivity (Wildman–Crippen MR) is 43.2 cm³/mol. The topological polar surface area (TPSA) is 66.4 Å². The lowest BCUT2D eigenvalue weighted by molar-refractivity contribution is -0.215. The predicted octanol–water partition coefficient (Wildman–Crippen LogP) is 1.19. The van der Waals surface area contributed by atoms with E-state index in [1.54, 1.807) is 19.2 Å². The number of nitrogens with zero attached hydrogens (tertiary/aromatic N) is 1. The van der Waals surface area contributed by atoms with Gasteiger partial charge in [-0.2, -0.15) is 0 Å². The van der Waals surface area contributed by atoms with Gasteiger partial charge >= 0.3 is 0 Å². The Morgan fingerprint density at radius 1 is 1.64 bits per heavy atom. The Labute approximate surface area is 65.4 Å². The van der Waals surface area contributed by atoms with Gasteiger partial charge in [0.05, 0.1) is 11.9 Å². The number of aromatic nitrogens is 1. The van der Waals surface area contributed by atoms with E-state index in [1.165, 1.54) is 6.20 Å². The van der Waals surface area contributed by atoms with E-state index < -0.39 is 0 Å². The second-order valence-electron chi connectivity index (χ2n) is 1.88. The molecule has 0 saturated carbocycles. The lowest BCUT2D eigenvalue weighted by Gasteiger charge is -2.01. The van der Waals surface area contributed by atoms with Crippen LogP contribution in [0.15, 0.2) is 18.3 Å². The molecule has 11 heavy (non-hydrogen) atoms. The van der Waals surface area contributed by atoms with E-state index in [2.05, 4.69) is 20.8 Å². The fourth-order valence-corrected chi connectivity index (χ4v) is 0.655. The van der Waals surface area contributed by atoms with Gasteiger partial charge in [0, 0.05) is 8.47 Å². The third-order valence-electron chi connectivity index (χ3n) is 1.18. The van der Waals surface area contributed by atoms with Gasteiger partial charge in [0.1, 0.15) is 5.82 Å². The van der Waals surface area contributed by atoms with Crippen molar-refractivity contribution in [3.05, 3.63) is 18.3 Å². The first-order valence-electron chi connectivity index (χ1n) is 3.07. The molecule has 0 spiro atoms. The van der Waals surface area contributed by atoms with Crippen LogP contribution in [-0.4, -0.2) is 17.3 Å². The van der Waals surface area contributed by atoms with Gasteiger partial charge in [-0.3, -0.25) is 0 Å². The fraction of sp³-hybridized carbons (Fsp3) is 0.167. The molecule has 0 aliphatic carbocycles. The number of rotatable bonds is 3. The lowest BCUT2D eigenvalue weighted by atomic mass is 10.4. The summed E-state index contributed by atoms with van der Waals surface area (Å²) in [5, 5.41) is 10.8. The molecule has 0 unspecified atom stereocenters. The summed E-state index contributed by atoms with van der Waals surface area (Å²) in [6.07, 6.45) is 1.53. The summed E-state index contributed by atoms with van der Waals surface area (Å²) in [6.45, 7) is 0. The maximum Gasteiger partial charge on any atom is 0.125 e. The van der Waals surface area contributed by atoms with Gasteiger partial charge in [0.15, 0.2) is 0 Å². The molecule has 0 aliphatic rings. The zero-order valence-corrected chi connectivity index (χ0v) is 6.03. The summed E-state index contributed by atoms with van der Waals surface area (Å²) in [7, 11) is 1.78. The second kappa shape index (κ2) is 3.75. The van der Waals surface area contributed by atoms with Crippen LogP contribution in [0.2, 0.25) is 0 Å². The summed E-state index contributed by atoms with van der Waals surface area (Å²) in [4.78, 5) is 7.64. The first kappa shape index (κ1) is 7.77. The molecule has 5 heteroatoms. The molecule has 1 aromatic rings. The molecule has 0 amide bonds. The normalized spacial score (nSPS) is 9.27. The minimum atomic E-state index is 0. The van der Waals surface area contributed by atoms with E-state index in [0.29, 0.717) is 5.69 Å². The number of hydrogen-bond donors (Lipinski definition) is 3. The van der Waals surface area contributed by atoms with Crippen LogP contribution in [0.1, 0.15) is 1.43 Å². The zero-order valence-electron chi connectivity index (χ0n) is 6.03. The molecule has 0 bridgehead atoms. The van der Waals surface area contributed by atoms with Crippen LogP contribution in [0.3, 0.4) is 0 Å². The maximum atomic E-state index is 7.99. The molecule has 0 fully saturated rings. The van der Waals surface area contributed by atoms with Crippen LogP contribution < -0.4 is 10.8 Å². The molecule has 0 aromatic carbocycles. The molecule has 0 atom stereocenters. The Kier molecular flexibility index (Phi) is 2.65. The molecule has 5 nitrogen and oxygen atoms in total. The van der Waals surface area contributed by atoms with E-state index in [1.807, 2.05) is 0 Å². The Morgan fingerprint density at radius 2 is 2.45 bits per heavy atom. The van der Waals surface area contributed by atoms with Gasteiger partial charge in [-0.05, 0) is 12.1 Å². The highest BCUT2D eigenvalue weighted by atomic mass is 17.2. The molecular formula is C6H11N3O2. The Morgan fingerprint density at radius 3 is 2.91 bits per heavy atom. The number of pyridine rings is 1. The molecule has 1 heterocycles. The lowest BCUT2D eigenvalue weighted by Crippen LogP contribution is -1.97. The maximum absolute atomic E-state index is 7.99. The Balaban J connectivity index is 0.00000121. The van der Waals surface area contributed by atoms with Crippen molar-refractivity contribution in [1.29, 1.82) is 0 Å². The summed E-state index contributed by atoms with van der Waals surface area (Å²) in [6, 6.07) is 3.47. The van der Waals surface area contributed by atoms with Crippen LogP contribution in [0.25, 0.3) is 0 Å². The van der Waals surface area contributed by atoms with Gasteiger partial charge in [0.25, 0.3) is 0 Å². The van der Waals surface area contributed by atoms with E-state index in [-0.39, 0.29) is 1.43 Å². The molecule has 62 valence electrons. The van der Waals surface area contributed by atoms with E-state index in [9.17, 15) is 0 Å². The third-order valence-corrected chi connectivity index (χ3v) is 1.18. The van der Waals surface area contributed by atoms with Gasteiger partial charge in [-0.15, -0.1) is 4.99 Å². The Bertz CT molecular complexity index is 217. The van der Waals surface area contributed by atoms with E-state index in [4.69, 9.17) is 5.26 Å². The van der Waals surface area contributed by atoms with Crippen molar-refractivity contribution in [2.45, 2.75) is 0 Å². The molecule has 0 radical (unpaired) electrons. The summed E-state index contributed by atoms with van der Waals surface area (Å²) in [5.41, 5.74) is 2.81. The van der Waals surface area contributed by atoms with Crippen LogP contribution in [0.5, 0.6) is 0 Å². The first-order valence-corrected chi connectivity index (χ1v) is 3.07. The van der Waals surface area contributed by atoms with Crippen molar-refractivity contribution in [1.82, 2.24) is 4.98 Å². The smallest absolute Gasteiger partial charge is 0.125 e. The monoisotopic (exact) mass is 157 g/mol. The summed E-state index contributed by atoms with van der Waals surface area (Å²) in [5.74, 6) is 0.758. The fourth-order valence-electron chi connectivity index (χ4n) is 0.655. The summed E-state index contributed by atoms with van der Waals surface area (Å²) < 4.78 is 0. The van der Waals surface area contributed by atoms with Crippen molar-refractivity contribution in [2.24, 2.45) is 0 Å². The average molecular weight is 157 g/mol. The van der Waals surface area contributed by atoms with Gasteiger partial charge < -0.3 is 5.32 Å². The van der Waals surface area contributed by atoms with Crippen molar-refractivity contribution < 1.29 is 11.7 Å². The van der Waals surface area contributed by atoms with Crippen LogP contribution in [0, 0.1) is 0 Å². The largest absolute Gasteiger partial charge is 0.373 e. The van der Waals surface area contributed by atoms with Gasteiger partial charge in [-0.1, -0.05) is 0 Å². The first-order chi connectivity index (χ1) is 5.36. The number of nitrogens with one attached hydrogen (secondary N) is 2. The van der Waals surface area contributed by atoms with Crippen LogP contribution in [-0.2, 0) is 4.99 Å². The highest BCUT2D eigenvalue weighted by Gasteiger charge is 1.91. The standard InChI is InChI=1S/C6H9N3O2.H2/c1-7-6-3-2-5(4-8-6)9-11-10;/h2-4,9-10H,1H3,(H,7,8);1H. The van der Waals surface area contributed by atoms with Crippen molar-refractivity contribution >= 4 is 11.5 Å². The minimum absolute atomic E-state index is 0. The Hall–Kier alpha value is -1.33. The van der Waals surface area contributed by atoms with Gasteiger partial charge in [-0.25, -0.2) is 15.7 Å². The molecule has 0 aliphatic heterocycles. The van der Waals surface area contributed by atoms with Crippen molar-refractivity contribution in [3.8, 4) is 0 Å². The second-order valence-corrected chi connectivity index (χ2v) is 1.88. The highest BCUT2D eigenvalue weighted by Crippen LogP contribution is 2.07. The van der Waals surface area contributed by atoms with E-state index in [0.717, 1.165) is 5.82 Å². The number of hydrogen-bond acceptors (Lipinski definition) is 5. The molecular weight excluding hydrogens is 146 g/mol. The molecule has 0 saturated heterocycles. The SMILES string of the molecule is CNc1ccc(NOO)cn1.[HH]. The highest BCUT2D eigenvalue weighted by molar-refractivity contribution is 5.45. The minimum Gasteiger partial charge on any atom is -0.373 e. The molecule has 1 rings (SSSR count). The molecule has 1 aromatic heterocycles. The van der Waals surface area contributed by atoms with Gasteiger partial charge in [0.2, 0.25) is 0 Å². The van der Waals surface area contributed by atoms with Crippen molar-refractivity contribution in [2.75, 3.05) is 17.8 Å². The zero-order chi connectivity index (χ0) is 8.10. The quantitative estimate of drug-likeness (QED) is 0.454. The molecule has 3 N–H and O–H groups in total. The summed E-state index contributed by atoms with van der Waals surface area (Å²) >= 11 is 0. The van der Waals surface area contributed by atoms with Crippen LogP contribution >= 0.6 is 0 Å². The third kappa shape index (κ3) is 2.06. The van der Waals surface area contributed by atoms with Crippen LogP contribution in [0.4, 0.5) is 11.5 Å². The van der Waals surface area contributed by atoms with E-state index >= 15 is 0 Å². The number of anilines is 2. The average Bonchev–Trinajstić information content (AvgIpc) is 2.07. The van der Waals surface area contributed by atoms with Crippen molar-refractivity contribution in [3.63, 3.8) is 0 Å².